The highest BCUT2D eigenvalue weighted by Crippen LogP contribution is 2.18. The van der Waals surface area contributed by atoms with E-state index < -0.39 is 18.0 Å². The Kier molecular flexibility index (Phi) is 4.09. The number of hydrogen-bond acceptors (Lipinski definition) is 3. The summed E-state index contributed by atoms with van der Waals surface area (Å²) in [5.74, 6) is -1.90. The summed E-state index contributed by atoms with van der Waals surface area (Å²) in [6.07, 6.45) is 0. The summed E-state index contributed by atoms with van der Waals surface area (Å²) >= 11 is 0. The molecular weight excluding hydrogens is 222 g/mol. The molecule has 92 valence electrons. The van der Waals surface area contributed by atoms with Crippen molar-refractivity contribution in [3.8, 4) is 0 Å². The molecule has 1 aromatic carbocycles. The van der Waals surface area contributed by atoms with Gasteiger partial charge in [-0.3, -0.25) is 0 Å². The van der Waals surface area contributed by atoms with E-state index in [1.807, 2.05) is 6.92 Å². The molecule has 0 saturated carbocycles. The zero-order valence-electron chi connectivity index (χ0n) is 9.75. The minimum absolute atomic E-state index is 0.188. The van der Waals surface area contributed by atoms with E-state index in [4.69, 9.17) is 10.2 Å². The molecule has 5 nitrogen and oxygen atoms in total. The third-order valence-corrected chi connectivity index (χ3v) is 2.61. The van der Waals surface area contributed by atoms with Gasteiger partial charge in [0.15, 0.2) is 0 Å². The maximum absolute atomic E-state index is 10.9. The van der Waals surface area contributed by atoms with Crippen molar-refractivity contribution >= 4 is 17.6 Å². The number of carboxylic acid groups (broad SMARTS) is 2. The van der Waals surface area contributed by atoms with Crippen LogP contribution >= 0.6 is 0 Å². The molecule has 0 saturated heterocycles. The number of carboxylic acids is 2. The molecule has 0 aliphatic carbocycles. The zero-order valence-corrected chi connectivity index (χ0v) is 9.75. The molecular formula is C12H15NO4. The van der Waals surface area contributed by atoms with E-state index in [0.717, 1.165) is 0 Å². The second kappa shape index (κ2) is 5.34. The van der Waals surface area contributed by atoms with Gasteiger partial charge in [-0.1, -0.05) is 0 Å². The van der Waals surface area contributed by atoms with Gasteiger partial charge < -0.3 is 15.1 Å². The molecule has 0 aliphatic heterocycles. The number of likely N-dealkylation sites (N-methyl/N-ethyl adjacent to an activating group) is 1. The van der Waals surface area contributed by atoms with Gasteiger partial charge in [-0.25, -0.2) is 9.59 Å². The number of carbonyl (C=O) groups is 2. The lowest BCUT2D eigenvalue weighted by molar-refractivity contribution is -0.138. The van der Waals surface area contributed by atoms with Crippen molar-refractivity contribution in [1.29, 1.82) is 0 Å². The van der Waals surface area contributed by atoms with Gasteiger partial charge in [-0.15, -0.1) is 0 Å². The first kappa shape index (κ1) is 13.0. The molecule has 0 amide bonds. The first-order chi connectivity index (χ1) is 7.97. The highest BCUT2D eigenvalue weighted by Gasteiger charge is 2.19. The Labute approximate surface area is 99.3 Å². The minimum Gasteiger partial charge on any atom is -0.480 e. The number of aromatic carboxylic acids is 1. The van der Waals surface area contributed by atoms with Crippen molar-refractivity contribution in [1.82, 2.24) is 0 Å². The van der Waals surface area contributed by atoms with Crippen LogP contribution in [0.25, 0.3) is 0 Å². The SMILES string of the molecule is CCN(c1ccc(C(=O)O)cc1)C(C)C(=O)O. The van der Waals surface area contributed by atoms with Crippen molar-refractivity contribution in [2.75, 3.05) is 11.4 Å². The number of benzene rings is 1. The first-order valence-electron chi connectivity index (χ1n) is 5.30. The largest absolute Gasteiger partial charge is 0.480 e. The van der Waals surface area contributed by atoms with Crippen LogP contribution in [-0.4, -0.2) is 34.7 Å². The zero-order chi connectivity index (χ0) is 13.0. The third kappa shape index (κ3) is 2.96. The van der Waals surface area contributed by atoms with Crippen molar-refractivity contribution in [3.05, 3.63) is 29.8 Å². The summed E-state index contributed by atoms with van der Waals surface area (Å²) in [6.45, 7) is 3.99. The van der Waals surface area contributed by atoms with Crippen molar-refractivity contribution in [2.45, 2.75) is 19.9 Å². The summed E-state index contributed by atoms with van der Waals surface area (Å²) in [5.41, 5.74) is 0.889. The van der Waals surface area contributed by atoms with Gasteiger partial charge >= 0.3 is 11.9 Å². The average Bonchev–Trinajstić information content (AvgIpc) is 2.30. The van der Waals surface area contributed by atoms with Crippen LogP contribution in [0.4, 0.5) is 5.69 Å². The summed E-state index contributed by atoms with van der Waals surface area (Å²) in [4.78, 5) is 23.3. The number of anilines is 1. The highest BCUT2D eigenvalue weighted by molar-refractivity contribution is 5.88. The topological polar surface area (TPSA) is 77.8 Å². The Morgan fingerprint density at radius 3 is 2.12 bits per heavy atom. The van der Waals surface area contributed by atoms with E-state index in [-0.39, 0.29) is 5.56 Å². The van der Waals surface area contributed by atoms with E-state index in [1.54, 1.807) is 24.0 Å². The van der Waals surface area contributed by atoms with Crippen LogP contribution in [0.5, 0.6) is 0 Å². The lowest BCUT2D eigenvalue weighted by Crippen LogP contribution is -2.38. The molecule has 5 heteroatoms. The summed E-state index contributed by atoms with van der Waals surface area (Å²) < 4.78 is 0. The molecule has 0 spiro atoms. The van der Waals surface area contributed by atoms with Crippen LogP contribution in [0.2, 0.25) is 0 Å². The fourth-order valence-electron chi connectivity index (χ4n) is 1.61. The monoisotopic (exact) mass is 237 g/mol. The van der Waals surface area contributed by atoms with E-state index in [0.29, 0.717) is 12.2 Å². The lowest BCUT2D eigenvalue weighted by Gasteiger charge is -2.27. The Bertz CT molecular complexity index is 413. The molecule has 2 N–H and O–H groups in total. The van der Waals surface area contributed by atoms with Gasteiger partial charge in [0, 0.05) is 12.2 Å². The normalized spacial score (nSPS) is 11.9. The molecule has 1 aromatic rings. The first-order valence-corrected chi connectivity index (χ1v) is 5.30. The molecule has 1 unspecified atom stereocenters. The van der Waals surface area contributed by atoms with Gasteiger partial charge in [0.25, 0.3) is 0 Å². The number of aliphatic carboxylic acids is 1. The van der Waals surface area contributed by atoms with Crippen molar-refractivity contribution in [3.63, 3.8) is 0 Å². The van der Waals surface area contributed by atoms with Crippen LogP contribution in [0.1, 0.15) is 24.2 Å². The summed E-state index contributed by atoms with van der Waals surface area (Å²) in [7, 11) is 0. The van der Waals surface area contributed by atoms with Crippen LogP contribution in [-0.2, 0) is 4.79 Å². The molecule has 0 heterocycles. The predicted octanol–water partition coefficient (Wildman–Crippen LogP) is 1.68. The fourth-order valence-corrected chi connectivity index (χ4v) is 1.61. The molecule has 0 fully saturated rings. The molecule has 0 radical (unpaired) electrons. The molecule has 1 rings (SSSR count). The van der Waals surface area contributed by atoms with Crippen LogP contribution in [0.3, 0.4) is 0 Å². The van der Waals surface area contributed by atoms with Crippen molar-refractivity contribution < 1.29 is 19.8 Å². The fraction of sp³-hybridized carbons (Fsp3) is 0.333. The third-order valence-electron chi connectivity index (χ3n) is 2.61. The Hall–Kier alpha value is -2.04. The van der Waals surface area contributed by atoms with E-state index in [9.17, 15) is 9.59 Å². The van der Waals surface area contributed by atoms with E-state index >= 15 is 0 Å². The van der Waals surface area contributed by atoms with Gasteiger partial charge in [0.1, 0.15) is 6.04 Å². The second-order valence-electron chi connectivity index (χ2n) is 3.65. The van der Waals surface area contributed by atoms with Crippen LogP contribution < -0.4 is 4.90 Å². The smallest absolute Gasteiger partial charge is 0.335 e. The van der Waals surface area contributed by atoms with Gasteiger partial charge in [-0.2, -0.15) is 0 Å². The Balaban J connectivity index is 2.97. The average molecular weight is 237 g/mol. The summed E-state index contributed by atoms with van der Waals surface area (Å²) in [5, 5.41) is 17.7. The molecule has 0 aliphatic rings. The maximum Gasteiger partial charge on any atom is 0.335 e. The van der Waals surface area contributed by atoms with Gasteiger partial charge in [0.05, 0.1) is 5.56 Å². The number of hydrogen-bond donors (Lipinski definition) is 2. The van der Waals surface area contributed by atoms with Crippen molar-refractivity contribution in [2.24, 2.45) is 0 Å². The molecule has 1 atom stereocenters. The molecule has 0 bridgehead atoms. The van der Waals surface area contributed by atoms with Gasteiger partial charge in [0.2, 0.25) is 0 Å². The maximum atomic E-state index is 10.9. The second-order valence-corrected chi connectivity index (χ2v) is 3.65. The molecule has 17 heavy (non-hydrogen) atoms. The highest BCUT2D eigenvalue weighted by atomic mass is 16.4. The minimum atomic E-state index is -0.995. The number of nitrogens with zero attached hydrogens (tertiary/aromatic N) is 1. The quantitative estimate of drug-likeness (QED) is 0.814. The summed E-state index contributed by atoms with van der Waals surface area (Å²) in [6, 6.07) is 5.53. The van der Waals surface area contributed by atoms with Crippen LogP contribution in [0, 0.1) is 0 Å². The Morgan fingerprint density at radius 2 is 1.76 bits per heavy atom. The number of rotatable bonds is 5. The molecule has 0 aromatic heterocycles. The lowest BCUT2D eigenvalue weighted by atomic mass is 10.1. The van der Waals surface area contributed by atoms with E-state index in [2.05, 4.69) is 0 Å². The van der Waals surface area contributed by atoms with E-state index in [1.165, 1.54) is 12.1 Å². The van der Waals surface area contributed by atoms with Crippen LogP contribution in [0.15, 0.2) is 24.3 Å². The standard InChI is InChI=1S/C12H15NO4/c1-3-13(8(2)11(14)15)10-6-4-9(5-7-10)12(16)17/h4-8H,3H2,1-2H3,(H,14,15)(H,16,17). The predicted molar refractivity (Wildman–Crippen MR) is 63.5 cm³/mol. The Morgan fingerprint density at radius 1 is 1.24 bits per heavy atom. The van der Waals surface area contributed by atoms with Gasteiger partial charge in [-0.05, 0) is 38.1 Å².